The Morgan fingerprint density at radius 3 is 2.65 bits per heavy atom. The van der Waals surface area contributed by atoms with Crippen LogP contribution >= 0.6 is 31.9 Å². The Morgan fingerprint density at radius 1 is 1.29 bits per heavy atom. The topological polar surface area (TPSA) is 39.3 Å². The largest absolute Gasteiger partial charge is 0.506 e. The fourth-order valence-corrected chi connectivity index (χ4v) is 3.11. The minimum Gasteiger partial charge on any atom is -0.506 e. The Morgan fingerprint density at radius 2 is 2.00 bits per heavy atom. The first kappa shape index (κ1) is 12.9. The highest BCUT2D eigenvalue weighted by molar-refractivity contribution is 9.11. The van der Waals surface area contributed by atoms with Crippen molar-refractivity contribution in [2.75, 3.05) is 20.6 Å². The number of likely N-dealkylation sites (N-methyl/N-ethyl adjacent to an activating group) is 1. The van der Waals surface area contributed by atoms with Crippen molar-refractivity contribution in [2.45, 2.75) is 6.42 Å². The Balaban J connectivity index is 2.51. The molecule has 1 aromatic carbocycles. The zero-order chi connectivity index (χ0) is 12.6. The average Bonchev–Trinajstić information content (AvgIpc) is 2.67. The molecule has 0 aliphatic carbocycles. The van der Waals surface area contributed by atoms with E-state index >= 15 is 0 Å². The summed E-state index contributed by atoms with van der Waals surface area (Å²) in [6.45, 7) is 0.955. The van der Waals surface area contributed by atoms with Crippen LogP contribution < -0.4 is 0 Å². The van der Waals surface area contributed by atoms with Gasteiger partial charge in [-0.2, -0.15) is 0 Å². The number of halogens is 2. The zero-order valence-corrected chi connectivity index (χ0v) is 12.9. The number of hydrogen-bond acceptors (Lipinski definition) is 2. The molecule has 1 aromatic heterocycles. The molecule has 1 heterocycles. The van der Waals surface area contributed by atoms with Gasteiger partial charge in [-0.1, -0.05) is 0 Å². The number of nitrogens with zero attached hydrogens (tertiary/aromatic N) is 1. The van der Waals surface area contributed by atoms with Crippen molar-refractivity contribution in [2.24, 2.45) is 0 Å². The van der Waals surface area contributed by atoms with Gasteiger partial charge in [0.15, 0.2) is 0 Å². The molecular formula is C12H14Br2N2O. The number of aromatic hydroxyl groups is 1. The second-order valence-electron chi connectivity index (χ2n) is 4.31. The van der Waals surface area contributed by atoms with Gasteiger partial charge < -0.3 is 15.0 Å². The lowest BCUT2D eigenvalue weighted by Gasteiger charge is -2.09. The molecule has 0 saturated carbocycles. The van der Waals surface area contributed by atoms with E-state index in [4.69, 9.17) is 0 Å². The lowest BCUT2D eigenvalue weighted by molar-refractivity contribution is 0.414. The Hall–Kier alpha value is -0.520. The molecule has 0 radical (unpaired) electrons. The molecule has 0 aliphatic heterocycles. The summed E-state index contributed by atoms with van der Waals surface area (Å²) in [6.07, 6.45) is 2.87. The van der Waals surface area contributed by atoms with Crippen LogP contribution in [-0.2, 0) is 6.42 Å². The van der Waals surface area contributed by atoms with E-state index in [9.17, 15) is 5.11 Å². The van der Waals surface area contributed by atoms with E-state index in [1.165, 1.54) is 0 Å². The van der Waals surface area contributed by atoms with Crippen LogP contribution in [0.15, 0.2) is 21.2 Å². The molecule has 2 aromatic rings. The normalized spacial score (nSPS) is 11.6. The van der Waals surface area contributed by atoms with Gasteiger partial charge in [-0.3, -0.25) is 0 Å². The molecule has 92 valence electrons. The van der Waals surface area contributed by atoms with Crippen molar-refractivity contribution in [3.05, 3.63) is 26.8 Å². The third-order valence-corrected chi connectivity index (χ3v) is 3.98. The average molecular weight is 362 g/mol. The Bertz CT molecular complexity index is 549. The van der Waals surface area contributed by atoms with E-state index in [1.54, 1.807) is 0 Å². The van der Waals surface area contributed by atoms with Crippen LogP contribution in [0.5, 0.6) is 5.75 Å². The van der Waals surface area contributed by atoms with Gasteiger partial charge in [0.2, 0.25) is 0 Å². The number of aromatic nitrogens is 1. The van der Waals surface area contributed by atoms with Crippen LogP contribution in [0, 0.1) is 0 Å². The molecule has 0 aliphatic rings. The number of benzene rings is 1. The molecule has 0 spiro atoms. The van der Waals surface area contributed by atoms with Crippen molar-refractivity contribution in [1.82, 2.24) is 9.88 Å². The van der Waals surface area contributed by atoms with E-state index in [2.05, 4.69) is 41.7 Å². The molecule has 0 bridgehead atoms. The molecular weight excluding hydrogens is 348 g/mol. The first-order valence-corrected chi connectivity index (χ1v) is 6.91. The summed E-state index contributed by atoms with van der Waals surface area (Å²) in [6, 6.07) is 1.85. The molecule has 17 heavy (non-hydrogen) atoms. The maximum Gasteiger partial charge on any atom is 0.139 e. The van der Waals surface area contributed by atoms with Crippen molar-refractivity contribution in [3.8, 4) is 5.75 Å². The van der Waals surface area contributed by atoms with Gasteiger partial charge in [-0.25, -0.2) is 0 Å². The minimum atomic E-state index is 0.304. The number of hydrogen-bond donors (Lipinski definition) is 2. The van der Waals surface area contributed by atoms with Crippen molar-refractivity contribution >= 4 is 42.8 Å². The molecule has 0 unspecified atom stereocenters. The van der Waals surface area contributed by atoms with E-state index in [-0.39, 0.29) is 0 Å². The van der Waals surface area contributed by atoms with Crippen molar-refractivity contribution in [3.63, 3.8) is 0 Å². The highest BCUT2D eigenvalue weighted by atomic mass is 79.9. The summed E-state index contributed by atoms with van der Waals surface area (Å²) in [7, 11) is 4.08. The molecule has 3 nitrogen and oxygen atoms in total. The van der Waals surface area contributed by atoms with Crippen molar-refractivity contribution < 1.29 is 5.11 Å². The second-order valence-corrected chi connectivity index (χ2v) is 6.01. The van der Waals surface area contributed by atoms with Gasteiger partial charge >= 0.3 is 0 Å². The van der Waals surface area contributed by atoms with Crippen LogP contribution in [0.25, 0.3) is 10.9 Å². The summed E-state index contributed by atoms with van der Waals surface area (Å²) in [5, 5.41) is 11.0. The molecule has 5 heteroatoms. The lowest BCUT2D eigenvalue weighted by atomic mass is 10.1. The lowest BCUT2D eigenvalue weighted by Crippen LogP contribution is -2.14. The van der Waals surface area contributed by atoms with Crippen LogP contribution in [0.1, 0.15) is 5.56 Å². The number of aromatic amines is 1. The SMILES string of the molecule is CN(C)CCc1c[nH]c2c(Br)cc(Br)c(O)c12. The van der Waals surface area contributed by atoms with Gasteiger partial charge in [-0.15, -0.1) is 0 Å². The molecule has 2 N–H and O–H groups in total. The molecule has 0 amide bonds. The van der Waals surface area contributed by atoms with E-state index in [0.29, 0.717) is 10.2 Å². The summed E-state index contributed by atoms with van der Waals surface area (Å²) in [5.41, 5.74) is 2.08. The molecule has 0 atom stereocenters. The van der Waals surface area contributed by atoms with Gasteiger partial charge in [0, 0.05) is 22.6 Å². The number of phenols is 1. The van der Waals surface area contributed by atoms with Gasteiger partial charge in [-0.05, 0) is 64.0 Å². The van der Waals surface area contributed by atoms with Crippen LogP contribution in [0.2, 0.25) is 0 Å². The van der Waals surface area contributed by atoms with Gasteiger partial charge in [0.05, 0.1) is 9.99 Å². The molecule has 2 rings (SSSR count). The van der Waals surface area contributed by atoms with Crippen LogP contribution in [0.3, 0.4) is 0 Å². The number of phenolic OH excluding ortho intramolecular Hbond substituents is 1. The Kier molecular flexibility index (Phi) is 3.80. The van der Waals surface area contributed by atoms with E-state index in [1.807, 2.05) is 26.4 Å². The van der Waals surface area contributed by atoms with E-state index < -0.39 is 0 Å². The fourth-order valence-electron chi connectivity index (χ4n) is 1.84. The maximum absolute atomic E-state index is 10.1. The third kappa shape index (κ3) is 2.51. The summed E-state index contributed by atoms with van der Waals surface area (Å²) < 4.78 is 1.66. The minimum absolute atomic E-state index is 0.304. The maximum atomic E-state index is 10.1. The fraction of sp³-hybridized carbons (Fsp3) is 0.333. The number of nitrogens with one attached hydrogen (secondary N) is 1. The van der Waals surface area contributed by atoms with Gasteiger partial charge in [0.25, 0.3) is 0 Å². The first-order valence-electron chi connectivity index (χ1n) is 5.32. The smallest absolute Gasteiger partial charge is 0.139 e. The number of rotatable bonds is 3. The predicted molar refractivity (Wildman–Crippen MR) is 77.6 cm³/mol. The highest BCUT2D eigenvalue weighted by Crippen LogP contribution is 2.39. The molecule has 0 saturated heterocycles. The molecule has 0 fully saturated rings. The monoisotopic (exact) mass is 360 g/mol. The third-order valence-electron chi connectivity index (χ3n) is 2.75. The summed E-state index contributed by atoms with van der Waals surface area (Å²) in [5.74, 6) is 0.304. The summed E-state index contributed by atoms with van der Waals surface area (Å²) in [4.78, 5) is 5.33. The zero-order valence-electron chi connectivity index (χ0n) is 9.72. The Labute approximate surface area is 117 Å². The summed E-state index contributed by atoms with van der Waals surface area (Å²) >= 11 is 6.85. The second kappa shape index (κ2) is 5.00. The number of H-pyrrole nitrogens is 1. The van der Waals surface area contributed by atoms with Crippen molar-refractivity contribution in [1.29, 1.82) is 0 Å². The number of fused-ring (bicyclic) bond motifs is 1. The van der Waals surface area contributed by atoms with Crippen LogP contribution in [-0.4, -0.2) is 35.6 Å². The standard InChI is InChI=1S/C12H14Br2N2O/c1-16(2)4-3-7-6-15-11-8(13)5-9(14)12(17)10(7)11/h5-6,15,17H,3-4H2,1-2H3. The van der Waals surface area contributed by atoms with Gasteiger partial charge in [0.1, 0.15) is 5.75 Å². The first-order chi connectivity index (χ1) is 8.00. The quantitative estimate of drug-likeness (QED) is 0.878. The van der Waals surface area contributed by atoms with E-state index in [0.717, 1.165) is 33.9 Å². The predicted octanol–water partition coefficient (Wildman–Crippen LogP) is 3.50. The highest BCUT2D eigenvalue weighted by Gasteiger charge is 2.14. The van der Waals surface area contributed by atoms with Crippen LogP contribution in [0.4, 0.5) is 0 Å².